The summed E-state index contributed by atoms with van der Waals surface area (Å²) in [4.78, 5) is 18.1. The topological polar surface area (TPSA) is 42.4 Å². The number of carbonyl (C=O) groups excluding carboxylic acids is 1. The molecular weight excluding hydrogens is 323 g/mol. The van der Waals surface area contributed by atoms with Crippen LogP contribution in [0, 0.1) is 5.92 Å². The van der Waals surface area contributed by atoms with Crippen LogP contribution in [0.3, 0.4) is 0 Å². The first kappa shape index (κ1) is 15.4. The largest absolute Gasteiger partial charge is 0.469 e. The van der Waals surface area contributed by atoms with E-state index in [-0.39, 0.29) is 17.9 Å². The molecule has 0 bridgehead atoms. The molecule has 0 saturated carbocycles. The standard InChI is InChI=1S/C16H16Cl2N2O2/c1-10(15(21)22-2)13-9-16(17,18)20(13)12-7-3-5-11-6-4-8-19-14(11)12/h3-8,10,13H,9H2,1-2H3. The van der Waals surface area contributed by atoms with Gasteiger partial charge < -0.3 is 9.64 Å². The predicted molar refractivity (Wildman–Crippen MR) is 88.2 cm³/mol. The van der Waals surface area contributed by atoms with E-state index in [9.17, 15) is 4.79 Å². The van der Waals surface area contributed by atoms with E-state index in [1.54, 1.807) is 6.20 Å². The second kappa shape index (κ2) is 5.60. The molecule has 2 heterocycles. The van der Waals surface area contributed by atoms with Crippen molar-refractivity contribution < 1.29 is 9.53 Å². The predicted octanol–water partition coefficient (Wildman–Crippen LogP) is 3.75. The van der Waals surface area contributed by atoms with Gasteiger partial charge in [-0.3, -0.25) is 9.78 Å². The van der Waals surface area contributed by atoms with Gasteiger partial charge in [0.2, 0.25) is 0 Å². The Labute approximate surface area is 139 Å². The first-order chi connectivity index (χ1) is 10.5. The van der Waals surface area contributed by atoms with Crippen LogP contribution in [0.1, 0.15) is 13.3 Å². The zero-order valence-corrected chi connectivity index (χ0v) is 13.8. The summed E-state index contributed by atoms with van der Waals surface area (Å²) in [6.45, 7) is 1.82. The normalized spacial score (nSPS) is 21.3. The average molecular weight is 339 g/mol. The van der Waals surface area contributed by atoms with Gasteiger partial charge in [-0.05, 0) is 19.1 Å². The third-order valence-electron chi connectivity index (χ3n) is 4.16. The molecule has 1 aromatic carbocycles. The molecule has 22 heavy (non-hydrogen) atoms. The van der Waals surface area contributed by atoms with Crippen molar-refractivity contribution in [1.82, 2.24) is 4.98 Å². The molecular formula is C16H16Cl2N2O2. The van der Waals surface area contributed by atoms with E-state index in [0.29, 0.717) is 6.42 Å². The fourth-order valence-electron chi connectivity index (χ4n) is 2.95. The number of carbonyl (C=O) groups is 1. The minimum absolute atomic E-state index is 0.116. The van der Waals surface area contributed by atoms with Crippen molar-refractivity contribution in [2.24, 2.45) is 5.92 Å². The lowest BCUT2D eigenvalue weighted by molar-refractivity contribution is -0.146. The Morgan fingerprint density at radius 2 is 2.14 bits per heavy atom. The Morgan fingerprint density at radius 3 is 2.82 bits per heavy atom. The molecule has 6 heteroatoms. The van der Waals surface area contributed by atoms with Crippen LogP contribution in [0.25, 0.3) is 10.9 Å². The minimum Gasteiger partial charge on any atom is -0.469 e. The van der Waals surface area contributed by atoms with Crippen molar-refractivity contribution in [3.8, 4) is 0 Å². The molecule has 116 valence electrons. The summed E-state index contributed by atoms with van der Waals surface area (Å²) in [5.41, 5.74) is 1.65. The molecule has 0 spiro atoms. The van der Waals surface area contributed by atoms with Crippen molar-refractivity contribution in [2.45, 2.75) is 23.8 Å². The van der Waals surface area contributed by atoms with Gasteiger partial charge in [-0.25, -0.2) is 0 Å². The Morgan fingerprint density at radius 1 is 1.41 bits per heavy atom. The molecule has 1 aromatic heterocycles. The number of pyridine rings is 1. The van der Waals surface area contributed by atoms with E-state index in [1.165, 1.54) is 7.11 Å². The van der Waals surface area contributed by atoms with Gasteiger partial charge in [-0.2, -0.15) is 0 Å². The number of hydrogen-bond donors (Lipinski definition) is 0. The number of alkyl halides is 2. The van der Waals surface area contributed by atoms with Crippen LogP contribution in [0.2, 0.25) is 0 Å². The van der Waals surface area contributed by atoms with Gasteiger partial charge in [-0.1, -0.05) is 41.4 Å². The fourth-order valence-corrected chi connectivity index (χ4v) is 3.70. The minimum atomic E-state index is -1.04. The van der Waals surface area contributed by atoms with Crippen molar-refractivity contribution in [3.05, 3.63) is 36.5 Å². The van der Waals surface area contributed by atoms with E-state index in [1.807, 2.05) is 42.2 Å². The molecule has 3 rings (SSSR count). The van der Waals surface area contributed by atoms with E-state index >= 15 is 0 Å². The highest BCUT2D eigenvalue weighted by Crippen LogP contribution is 2.50. The number of anilines is 1. The van der Waals surface area contributed by atoms with Crippen molar-refractivity contribution >= 4 is 45.8 Å². The highest BCUT2D eigenvalue weighted by atomic mass is 35.5. The van der Waals surface area contributed by atoms with Crippen LogP contribution >= 0.6 is 23.2 Å². The maximum Gasteiger partial charge on any atom is 0.310 e. The van der Waals surface area contributed by atoms with E-state index < -0.39 is 4.46 Å². The van der Waals surface area contributed by atoms with Gasteiger partial charge in [0.05, 0.1) is 24.2 Å². The van der Waals surface area contributed by atoms with Gasteiger partial charge in [0.15, 0.2) is 4.46 Å². The number of ether oxygens (including phenoxy) is 1. The Hall–Kier alpha value is -1.52. The molecule has 0 radical (unpaired) electrons. The molecule has 0 aliphatic carbocycles. The van der Waals surface area contributed by atoms with Gasteiger partial charge in [0.25, 0.3) is 0 Å². The third-order valence-corrected chi connectivity index (χ3v) is 4.83. The van der Waals surface area contributed by atoms with Crippen LogP contribution < -0.4 is 4.90 Å². The highest BCUT2D eigenvalue weighted by molar-refractivity contribution is 6.50. The number of rotatable bonds is 3. The SMILES string of the molecule is COC(=O)C(C)C1CC(Cl)(Cl)N1c1cccc2cccnc12. The van der Waals surface area contributed by atoms with Crippen molar-refractivity contribution in [2.75, 3.05) is 12.0 Å². The number of aromatic nitrogens is 1. The van der Waals surface area contributed by atoms with Crippen LogP contribution in [0.15, 0.2) is 36.5 Å². The van der Waals surface area contributed by atoms with Crippen LogP contribution in [-0.4, -0.2) is 28.6 Å². The fraction of sp³-hybridized carbons (Fsp3) is 0.375. The molecule has 4 nitrogen and oxygen atoms in total. The lowest BCUT2D eigenvalue weighted by atomic mass is 9.88. The first-order valence-electron chi connectivity index (χ1n) is 7.04. The Balaban J connectivity index is 2.04. The van der Waals surface area contributed by atoms with E-state index in [4.69, 9.17) is 27.9 Å². The maximum atomic E-state index is 11.8. The van der Waals surface area contributed by atoms with Crippen LogP contribution in [-0.2, 0) is 9.53 Å². The number of esters is 1. The summed E-state index contributed by atoms with van der Waals surface area (Å²) in [5, 5.41) is 1.00. The number of methoxy groups -OCH3 is 1. The Kier molecular flexibility index (Phi) is 3.91. The lowest BCUT2D eigenvalue weighted by Crippen LogP contribution is -2.63. The number of nitrogens with zero attached hydrogens (tertiary/aromatic N) is 2. The van der Waals surface area contributed by atoms with Crippen molar-refractivity contribution in [3.63, 3.8) is 0 Å². The van der Waals surface area contributed by atoms with Gasteiger partial charge >= 0.3 is 5.97 Å². The first-order valence-corrected chi connectivity index (χ1v) is 7.80. The number of benzene rings is 1. The lowest BCUT2D eigenvalue weighted by Gasteiger charge is -2.54. The van der Waals surface area contributed by atoms with Gasteiger partial charge in [-0.15, -0.1) is 0 Å². The number of para-hydroxylation sites is 1. The molecule has 0 amide bonds. The summed E-state index contributed by atoms with van der Waals surface area (Å²) in [6.07, 6.45) is 2.23. The molecule has 0 N–H and O–H groups in total. The van der Waals surface area contributed by atoms with Crippen LogP contribution in [0.5, 0.6) is 0 Å². The molecule has 1 aliphatic rings. The summed E-state index contributed by atoms with van der Waals surface area (Å²) >= 11 is 12.8. The zero-order chi connectivity index (χ0) is 15.9. The summed E-state index contributed by atoms with van der Waals surface area (Å²) in [5.74, 6) is -0.596. The van der Waals surface area contributed by atoms with Crippen LogP contribution in [0.4, 0.5) is 5.69 Å². The number of fused-ring (bicyclic) bond motifs is 1. The zero-order valence-electron chi connectivity index (χ0n) is 12.3. The average Bonchev–Trinajstić information content (AvgIpc) is 2.51. The second-order valence-corrected chi connectivity index (χ2v) is 6.92. The summed E-state index contributed by atoms with van der Waals surface area (Å²) in [6, 6.07) is 9.58. The number of halogens is 2. The van der Waals surface area contributed by atoms with E-state index in [2.05, 4.69) is 4.98 Å². The summed E-state index contributed by atoms with van der Waals surface area (Å²) < 4.78 is 3.80. The number of hydrogen-bond acceptors (Lipinski definition) is 4. The smallest absolute Gasteiger partial charge is 0.310 e. The second-order valence-electron chi connectivity index (χ2n) is 5.47. The van der Waals surface area contributed by atoms with E-state index in [0.717, 1.165) is 16.6 Å². The molecule has 1 saturated heterocycles. The third kappa shape index (κ3) is 2.40. The maximum absolute atomic E-state index is 11.8. The van der Waals surface area contributed by atoms with Crippen molar-refractivity contribution in [1.29, 1.82) is 0 Å². The molecule has 1 fully saturated rings. The van der Waals surface area contributed by atoms with Gasteiger partial charge in [0.1, 0.15) is 0 Å². The monoisotopic (exact) mass is 338 g/mol. The molecule has 1 aliphatic heterocycles. The molecule has 2 atom stereocenters. The highest BCUT2D eigenvalue weighted by Gasteiger charge is 2.53. The summed E-state index contributed by atoms with van der Waals surface area (Å²) in [7, 11) is 1.38. The molecule has 2 aromatic rings. The molecule has 2 unspecified atom stereocenters. The van der Waals surface area contributed by atoms with Gasteiger partial charge in [0, 0.05) is 24.0 Å². The Bertz CT molecular complexity index is 715. The quantitative estimate of drug-likeness (QED) is 0.485.